The molecule has 1 aliphatic carbocycles. The molecule has 10 nitrogen and oxygen atoms in total. The first kappa shape index (κ1) is 51.9. The summed E-state index contributed by atoms with van der Waals surface area (Å²) >= 11 is 0. The summed E-state index contributed by atoms with van der Waals surface area (Å²) in [5, 5.41) is 5.83. The van der Waals surface area contributed by atoms with Gasteiger partial charge in [-0.05, 0) is 81.7 Å². The monoisotopic (exact) mass is 709 g/mol. The molecule has 1 aliphatic rings. The van der Waals surface area contributed by atoms with Gasteiger partial charge in [0.15, 0.2) is 16.6 Å². The van der Waals surface area contributed by atoms with E-state index in [-0.39, 0.29) is 66.4 Å². The van der Waals surface area contributed by atoms with Crippen molar-refractivity contribution in [1.29, 1.82) is 0 Å². The van der Waals surface area contributed by atoms with Gasteiger partial charge in [0.2, 0.25) is 0 Å². The van der Waals surface area contributed by atoms with E-state index in [2.05, 4.69) is 71.1 Å². The molecule has 1 saturated carbocycles. The minimum absolute atomic E-state index is 0. The van der Waals surface area contributed by atoms with Gasteiger partial charge in [-0.1, -0.05) is 76.8 Å². The molecule has 1 fully saturated rings. The van der Waals surface area contributed by atoms with Gasteiger partial charge in [-0.25, -0.2) is 14.4 Å². The maximum atomic E-state index is 12.5. The molecule has 0 saturated heterocycles. The molecular formula is C35H76N2O8Si2. The summed E-state index contributed by atoms with van der Waals surface area (Å²) in [5.74, 6) is -0.518. The Labute approximate surface area is 292 Å². The van der Waals surface area contributed by atoms with Crippen LogP contribution in [-0.2, 0) is 27.9 Å². The molecule has 0 aromatic rings. The molecule has 47 heavy (non-hydrogen) atoms. The van der Waals surface area contributed by atoms with Crippen LogP contribution in [0.1, 0.15) is 103 Å². The third kappa shape index (κ3) is 24.0. The zero-order valence-electron chi connectivity index (χ0n) is 28.4. The van der Waals surface area contributed by atoms with E-state index in [4.69, 9.17) is 23.1 Å². The van der Waals surface area contributed by atoms with Crippen LogP contribution in [0, 0.1) is 10.8 Å². The van der Waals surface area contributed by atoms with Crippen LogP contribution in [0.5, 0.6) is 0 Å². The normalized spacial score (nSPS) is 18.4. The zero-order valence-corrected chi connectivity index (χ0v) is 30.4. The van der Waals surface area contributed by atoms with Gasteiger partial charge in [0, 0.05) is 24.8 Å². The minimum atomic E-state index is -1.71. The number of hydrogen-bond donors (Lipinski definition) is 2. The number of carbonyl (C=O) groups is 3. The number of unbranched alkanes of at least 4 members (excludes halogenated alkanes) is 1. The fraction of sp³-hybridized carbons (Fsp3) is 0.857. The zero-order chi connectivity index (χ0) is 32.7. The lowest BCUT2D eigenvalue weighted by atomic mass is 9.62. The molecule has 2 atom stereocenters. The van der Waals surface area contributed by atoms with Crippen LogP contribution in [0.2, 0.25) is 38.3 Å². The van der Waals surface area contributed by atoms with Gasteiger partial charge >= 0.3 is 18.2 Å². The summed E-state index contributed by atoms with van der Waals surface area (Å²) in [6.45, 7) is 24.5. The molecule has 0 heterocycles. The topological polar surface area (TPSA) is 121 Å². The molecule has 2 N–H and O–H groups in total. The molecule has 2 unspecified atom stereocenters. The number of nitrogens with one attached hydrogen (secondary N) is 2. The third-order valence-electron chi connectivity index (χ3n) is 7.54. The van der Waals surface area contributed by atoms with Crippen LogP contribution >= 0.6 is 0 Å². The second-order valence-electron chi connectivity index (χ2n) is 14.4. The predicted molar refractivity (Wildman–Crippen MR) is 202 cm³/mol. The number of ether oxygens (including phenoxy) is 4. The van der Waals surface area contributed by atoms with E-state index in [1.165, 1.54) is 18.9 Å². The van der Waals surface area contributed by atoms with Gasteiger partial charge in [0.25, 0.3) is 0 Å². The molecule has 1 rings (SSSR count). The first-order valence-electron chi connectivity index (χ1n) is 15.8. The largest absolute Gasteiger partial charge is 0.459 e. The number of hydrogen-bond acceptors (Lipinski definition) is 8. The van der Waals surface area contributed by atoms with Gasteiger partial charge in [-0.3, -0.25) is 0 Å². The summed E-state index contributed by atoms with van der Waals surface area (Å²) < 4.78 is 27.8. The molecule has 0 aromatic carbocycles. The first-order valence-corrected chi connectivity index (χ1v) is 22.1. The second kappa shape index (κ2) is 24.3. The Bertz CT molecular complexity index is 914. The number of alkyl carbamates (subject to hydrolysis) is 2. The maximum absolute atomic E-state index is 12.5. The molecule has 282 valence electrons. The van der Waals surface area contributed by atoms with Crippen molar-refractivity contribution in [2.75, 3.05) is 39.6 Å². The highest BCUT2D eigenvalue weighted by Crippen LogP contribution is 2.45. The van der Waals surface area contributed by atoms with E-state index >= 15 is 0 Å². The van der Waals surface area contributed by atoms with Crippen molar-refractivity contribution in [3.05, 3.63) is 12.2 Å². The molecule has 0 aliphatic heterocycles. The Morgan fingerprint density at radius 1 is 0.787 bits per heavy atom. The molecule has 0 radical (unpaired) electrons. The van der Waals surface area contributed by atoms with E-state index in [9.17, 15) is 14.4 Å². The van der Waals surface area contributed by atoms with Gasteiger partial charge in [-0.15, -0.1) is 0 Å². The van der Waals surface area contributed by atoms with E-state index in [0.29, 0.717) is 31.8 Å². The van der Waals surface area contributed by atoms with Gasteiger partial charge in [0.05, 0.1) is 6.61 Å². The molecular weight excluding hydrogens is 633 g/mol. The van der Waals surface area contributed by atoms with Crippen molar-refractivity contribution >= 4 is 34.8 Å². The SMILES string of the molecule is C.C.C.C.C=C(C)C(=O)OCCOC(=O)NCC1(C)CC(NC(=O)OCCOCCC[Si](C)(C)O[Si](C)(C)CCCC)CC(C)(C)C1. The lowest BCUT2D eigenvalue weighted by Crippen LogP contribution is -2.50. The summed E-state index contributed by atoms with van der Waals surface area (Å²) in [6.07, 6.45) is 4.76. The van der Waals surface area contributed by atoms with E-state index < -0.39 is 34.8 Å². The average Bonchev–Trinajstić information content (AvgIpc) is 2.86. The van der Waals surface area contributed by atoms with Crippen LogP contribution in [-0.4, -0.2) is 80.4 Å². The van der Waals surface area contributed by atoms with E-state index in [1.54, 1.807) is 6.92 Å². The number of esters is 1. The molecule has 0 bridgehead atoms. The fourth-order valence-corrected chi connectivity index (χ4v) is 15.2. The van der Waals surface area contributed by atoms with Crippen molar-refractivity contribution < 1.29 is 37.4 Å². The lowest BCUT2D eigenvalue weighted by molar-refractivity contribution is -0.139. The van der Waals surface area contributed by atoms with Crippen LogP contribution in [0.4, 0.5) is 9.59 Å². The summed E-state index contributed by atoms with van der Waals surface area (Å²) in [6, 6.07) is 2.19. The van der Waals surface area contributed by atoms with Crippen molar-refractivity contribution in [1.82, 2.24) is 10.6 Å². The number of carbonyl (C=O) groups excluding carboxylic acids is 3. The van der Waals surface area contributed by atoms with Gasteiger partial charge in [0.1, 0.15) is 19.8 Å². The highest BCUT2D eigenvalue weighted by Gasteiger charge is 2.42. The van der Waals surface area contributed by atoms with Gasteiger partial charge < -0.3 is 33.7 Å². The standard InChI is InChI=1S/C31H60N2O8Si2.4CH4/c1-11-12-19-42(7,8)41-43(9,10)20-13-14-37-15-16-40-29(36)33-26-21-30(4,5)23-31(6,22-26)24-32-28(35)39-18-17-38-27(34)25(2)3;;;;/h26H,2,11-24H2,1,3-10H3,(H,32,35)(H,33,36);4*1H4. The summed E-state index contributed by atoms with van der Waals surface area (Å²) in [4.78, 5) is 36.1. The van der Waals surface area contributed by atoms with Crippen molar-refractivity contribution in [2.24, 2.45) is 10.8 Å². The third-order valence-corrected chi connectivity index (χ3v) is 15.1. The highest BCUT2D eigenvalue weighted by molar-refractivity contribution is 6.84. The summed E-state index contributed by atoms with van der Waals surface area (Å²) in [5.41, 5.74) is 0.00617. The van der Waals surface area contributed by atoms with Crippen LogP contribution in [0.3, 0.4) is 0 Å². The van der Waals surface area contributed by atoms with Crippen molar-refractivity contribution in [3.63, 3.8) is 0 Å². The number of rotatable bonds is 19. The Morgan fingerprint density at radius 2 is 1.32 bits per heavy atom. The Morgan fingerprint density at radius 3 is 1.89 bits per heavy atom. The van der Waals surface area contributed by atoms with Crippen molar-refractivity contribution in [3.8, 4) is 0 Å². The molecule has 0 spiro atoms. The molecule has 12 heteroatoms. The fourth-order valence-electron chi connectivity index (χ4n) is 6.16. The van der Waals surface area contributed by atoms with Crippen LogP contribution in [0.15, 0.2) is 12.2 Å². The smallest absolute Gasteiger partial charge is 0.407 e. The van der Waals surface area contributed by atoms with E-state index in [1.807, 2.05) is 0 Å². The lowest BCUT2D eigenvalue weighted by Gasteiger charge is -2.46. The Balaban J connectivity index is -0.00000231. The predicted octanol–water partition coefficient (Wildman–Crippen LogP) is 9.32. The maximum Gasteiger partial charge on any atom is 0.407 e. The minimum Gasteiger partial charge on any atom is -0.459 e. The van der Waals surface area contributed by atoms with E-state index in [0.717, 1.165) is 25.3 Å². The number of amides is 2. The molecule has 0 aromatic heterocycles. The first-order chi connectivity index (χ1) is 19.9. The Hall–Kier alpha value is -1.90. The van der Waals surface area contributed by atoms with Crippen molar-refractivity contribution in [2.45, 2.75) is 147 Å². The average molecular weight is 709 g/mol. The quantitative estimate of drug-likeness (QED) is 0.0448. The molecule has 2 amide bonds. The second-order valence-corrected chi connectivity index (χ2v) is 23.2. The van der Waals surface area contributed by atoms with Crippen LogP contribution < -0.4 is 10.6 Å². The van der Waals surface area contributed by atoms with Gasteiger partial charge in [-0.2, -0.15) is 0 Å². The summed E-state index contributed by atoms with van der Waals surface area (Å²) in [7, 11) is -3.31. The highest BCUT2D eigenvalue weighted by atomic mass is 28.4. The Kier molecular flexibility index (Phi) is 26.8. The van der Waals surface area contributed by atoms with Crippen LogP contribution in [0.25, 0.3) is 0 Å².